The fourth-order valence-corrected chi connectivity index (χ4v) is 4.56. The van der Waals surface area contributed by atoms with E-state index in [1.54, 1.807) is 18.3 Å². The molecule has 1 unspecified atom stereocenters. The van der Waals surface area contributed by atoms with Gasteiger partial charge in [-0.2, -0.15) is 18.0 Å². The predicted octanol–water partition coefficient (Wildman–Crippen LogP) is 2.55. The van der Waals surface area contributed by atoms with Crippen molar-refractivity contribution in [1.82, 2.24) is 25.2 Å². The van der Waals surface area contributed by atoms with E-state index in [-0.39, 0.29) is 12.5 Å². The summed E-state index contributed by atoms with van der Waals surface area (Å²) < 4.78 is 40.0. The maximum atomic E-state index is 13.3. The highest BCUT2D eigenvalue weighted by Crippen LogP contribution is 2.40. The standard InChI is InChI=1S/C19H21F3N6O2S/c20-19(21,22)15-4-2-1-3-14(15)12-5-7-27(8-6-12)18-23-9-16(31-18)17-24-26-28(25-17)10-13(30)11-29/h1-4,9,12-13,29-30H,5-8,10-11H2. The number of benzene rings is 1. The highest BCUT2D eigenvalue weighted by Gasteiger charge is 2.35. The molecule has 1 aromatic carbocycles. The average molecular weight is 454 g/mol. The van der Waals surface area contributed by atoms with Crippen LogP contribution in [-0.2, 0) is 12.7 Å². The Balaban J connectivity index is 1.41. The number of nitrogens with zero attached hydrogens (tertiary/aromatic N) is 6. The molecule has 8 nitrogen and oxygen atoms in total. The molecule has 1 aliphatic heterocycles. The van der Waals surface area contributed by atoms with Gasteiger partial charge in [-0.1, -0.05) is 29.5 Å². The Labute approximate surface area is 180 Å². The van der Waals surface area contributed by atoms with Crippen molar-refractivity contribution in [3.63, 3.8) is 0 Å². The Bertz CT molecular complexity index is 1020. The van der Waals surface area contributed by atoms with Gasteiger partial charge in [0.05, 0.1) is 35.9 Å². The van der Waals surface area contributed by atoms with E-state index < -0.39 is 24.5 Å². The molecule has 0 amide bonds. The van der Waals surface area contributed by atoms with E-state index in [2.05, 4.69) is 25.3 Å². The molecule has 4 rings (SSSR count). The second-order valence-corrected chi connectivity index (χ2v) is 8.37. The van der Waals surface area contributed by atoms with Gasteiger partial charge < -0.3 is 15.1 Å². The lowest BCUT2D eigenvalue weighted by molar-refractivity contribution is -0.138. The first kappa shape index (κ1) is 21.7. The van der Waals surface area contributed by atoms with Crippen molar-refractivity contribution in [3.8, 4) is 10.7 Å². The van der Waals surface area contributed by atoms with Crippen LogP contribution < -0.4 is 4.90 Å². The van der Waals surface area contributed by atoms with Gasteiger partial charge in [0.15, 0.2) is 5.13 Å². The third-order valence-electron chi connectivity index (χ3n) is 5.22. The minimum atomic E-state index is -4.35. The number of aliphatic hydroxyl groups is 2. The first-order chi connectivity index (χ1) is 14.8. The highest BCUT2D eigenvalue weighted by molar-refractivity contribution is 7.18. The monoisotopic (exact) mass is 454 g/mol. The molecule has 0 radical (unpaired) electrons. The predicted molar refractivity (Wildman–Crippen MR) is 108 cm³/mol. The van der Waals surface area contributed by atoms with Crippen molar-refractivity contribution in [3.05, 3.63) is 41.6 Å². The van der Waals surface area contributed by atoms with Crippen LogP contribution in [0.2, 0.25) is 0 Å². The smallest absolute Gasteiger partial charge is 0.394 e. The first-order valence-electron chi connectivity index (χ1n) is 9.79. The number of anilines is 1. The van der Waals surface area contributed by atoms with Gasteiger partial charge in [-0.15, -0.1) is 10.2 Å². The van der Waals surface area contributed by atoms with Gasteiger partial charge in [-0.05, 0) is 35.6 Å². The Morgan fingerprint density at radius 3 is 2.65 bits per heavy atom. The van der Waals surface area contributed by atoms with Gasteiger partial charge in [0.25, 0.3) is 0 Å². The number of hydrogen-bond acceptors (Lipinski definition) is 8. The quantitative estimate of drug-likeness (QED) is 0.590. The third-order valence-corrected chi connectivity index (χ3v) is 6.28. The van der Waals surface area contributed by atoms with Gasteiger partial charge >= 0.3 is 6.18 Å². The van der Waals surface area contributed by atoms with Crippen LogP contribution in [0.4, 0.5) is 18.3 Å². The molecule has 1 atom stereocenters. The largest absolute Gasteiger partial charge is 0.416 e. The van der Waals surface area contributed by atoms with Crippen LogP contribution in [0.5, 0.6) is 0 Å². The van der Waals surface area contributed by atoms with Crippen molar-refractivity contribution in [2.75, 3.05) is 24.6 Å². The zero-order chi connectivity index (χ0) is 22.0. The van der Waals surface area contributed by atoms with Crippen LogP contribution in [0.3, 0.4) is 0 Å². The van der Waals surface area contributed by atoms with Crippen LogP contribution in [-0.4, -0.2) is 61.2 Å². The van der Waals surface area contributed by atoms with Gasteiger partial charge in [0.1, 0.15) is 0 Å². The summed E-state index contributed by atoms with van der Waals surface area (Å²) in [6.07, 6.45) is -2.47. The first-order valence-corrected chi connectivity index (χ1v) is 10.6. The fraction of sp³-hybridized carbons (Fsp3) is 0.474. The molecule has 3 heterocycles. The molecular formula is C19H21F3N6O2S. The van der Waals surface area contributed by atoms with Gasteiger partial charge in [-0.3, -0.25) is 0 Å². The van der Waals surface area contributed by atoms with Crippen LogP contribution >= 0.6 is 11.3 Å². The van der Waals surface area contributed by atoms with Gasteiger partial charge in [0.2, 0.25) is 5.82 Å². The minimum absolute atomic E-state index is 0.0298. The van der Waals surface area contributed by atoms with Gasteiger partial charge in [-0.25, -0.2) is 4.98 Å². The molecule has 31 heavy (non-hydrogen) atoms. The lowest BCUT2D eigenvalue weighted by Gasteiger charge is -2.33. The normalized spacial score (nSPS) is 16.6. The molecule has 0 spiro atoms. The number of tetrazole rings is 1. The summed E-state index contributed by atoms with van der Waals surface area (Å²) in [7, 11) is 0. The van der Waals surface area contributed by atoms with Crippen LogP contribution in [0.15, 0.2) is 30.5 Å². The second kappa shape index (κ2) is 8.89. The number of piperidine rings is 1. The molecule has 166 valence electrons. The summed E-state index contributed by atoms with van der Waals surface area (Å²) in [5.74, 6) is 0.218. The molecule has 3 aromatic rings. The zero-order valence-electron chi connectivity index (χ0n) is 16.4. The molecule has 12 heteroatoms. The lowest BCUT2D eigenvalue weighted by atomic mass is 9.86. The van der Waals surface area contributed by atoms with Crippen molar-refractivity contribution >= 4 is 16.5 Å². The second-order valence-electron chi connectivity index (χ2n) is 7.36. The van der Waals surface area contributed by atoms with Crippen LogP contribution in [0.25, 0.3) is 10.7 Å². The van der Waals surface area contributed by atoms with E-state index in [0.29, 0.717) is 42.2 Å². The molecule has 0 saturated carbocycles. The van der Waals surface area contributed by atoms with E-state index in [1.165, 1.54) is 22.2 Å². The molecule has 0 aliphatic carbocycles. The summed E-state index contributed by atoms with van der Waals surface area (Å²) >= 11 is 1.38. The number of hydrogen-bond donors (Lipinski definition) is 2. The Morgan fingerprint density at radius 2 is 1.94 bits per heavy atom. The zero-order valence-corrected chi connectivity index (χ0v) is 17.2. The van der Waals surface area contributed by atoms with Gasteiger partial charge in [0, 0.05) is 13.1 Å². The summed E-state index contributed by atoms with van der Waals surface area (Å²) in [5, 5.41) is 31.1. The third kappa shape index (κ3) is 4.86. The molecule has 0 bridgehead atoms. The maximum absolute atomic E-state index is 13.3. The van der Waals surface area contributed by atoms with Crippen molar-refractivity contribution < 1.29 is 23.4 Å². The van der Waals surface area contributed by atoms with Crippen LogP contribution in [0.1, 0.15) is 29.9 Å². The average Bonchev–Trinajstić information content (AvgIpc) is 3.43. The number of alkyl halides is 3. The molecule has 1 saturated heterocycles. The van der Waals surface area contributed by atoms with Crippen molar-refractivity contribution in [2.24, 2.45) is 0 Å². The molecule has 1 aliphatic rings. The Morgan fingerprint density at radius 1 is 1.19 bits per heavy atom. The maximum Gasteiger partial charge on any atom is 0.416 e. The van der Waals surface area contributed by atoms with E-state index in [1.807, 2.05) is 0 Å². The van der Waals surface area contributed by atoms with Crippen LogP contribution in [0, 0.1) is 0 Å². The minimum Gasteiger partial charge on any atom is -0.394 e. The SMILES string of the molecule is OCC(O)Cn1nnc(-c2cnc(N3CCC(c4ccccc4C(F)(F)F)CC3)s2)n1. The van der Waals surface area contributed by atoms with E-state index in [4.69, 9.17) is 5.11 Å². The van der Waals surface area contributed by atoms with E-state index in [0.717, 1.165) is 11.2 Å². The molecule has 1 fully saturated rings. The van der Waals surface area contributed by atoms with Crippen molar-refractivity contribution in [2.45, 2.75) is 37.6 Å². The highest BCUT2D eigenvalue weighted by atomic mass is 32.1. The topological polar surface area (TPSA) is 100 Å². The number of rotatable bonds is 6. The Kier molecular flexibility index (Phi) is 6.21. The summed E-state index contributed by atoms with van der Waals surface area (Å²) in [6, 6.07) is 5.80. The molecule has 2 aromatic heterocycles. The summed E-state index contributed by atoms with van der Waals surface area (Å²) in [6.45, 7) is 0.840. The Hall–Kier alpha value is -2.57. The summed E-state index contributed by atoms with van der Waals surface area (Å²) in [4.78, 5) is 8.38. The number of thiazole rings is 1. The molecule has 2 N–H and O–H groups in total. The number of aliphatic hydroxyl groups excluding tert-OH is 2. The van der Waals surface area contributed by atoms with Crippen molar-refractivity contribution in [1.29, 1.82) is 0 Å². The lowest BCUT2D eigenvalue weighted by Crippen LogP contribution is -2.33. The fourth-order valence-electron chi connectivity index (χ4n) is 3.67. The number of halogens is 3. The van der Waals surface area contributed by atoms with E-state index >= 15 is 0 Å². The van der Waals surface area contributed by atoms with E-state index in [9.17, 15) is 18.3 Å². The summed E-state index contributed by atoms with van der Waals surface area (Å²) in [5.41, 5.74) is -0.189. The molecular weight excluding hydrogens is 433 g/mol. The number of aromatic nitrogens is 5.